The quantitative estimate of drug-likeness (QED) is 0.490. The largest absolute Gasteiger partial charge is 0.360 e. The van der Waals surface area contributed by atoms with Gasteiger partial charge in [0.05, 0.1) is 6.54 Å². The first-order valence-corrected chi connectivity index (χ1v) is 6.91. The monoisotopic (exact) mass is 277 g/mol. The maximum absolute atomic E-state index is 5.34. The fourth-order valence-corrected chi connectivity index (χ4v) is 1.71. The molecule has 0 aliphatic heterocycles. The molecule has 0 spiro atoms. The second-order valence-corrected chi connectivity index (χ2v) is 6.19. The Kier molecular flexibility index (Phi) is 6.64. The average molecular weight is 277 g/mol. The molecule has 0 radical (unpaired) electrons. The molecule has 1 heterocycles. The molecule has 0 atom stereocenters. The number of hydrazine groups is 1. The van der Waals surface area contributed by atoms with Gasteiger partial charge in [-0.3, -0.25) is 16.3 Å². The van der Waals surface area contributed by atoms with Crippen LogP contribution in [0.25, 0.3) is 0 Å². The smallest absolute Gasteiger partial charge is 0.0515 e. The minimum absolute atomic E-state index is 0.281. The standard InChI is InChI=1S/C15H27N5/c1-12-5-6-13(8-18-11-15(2,3)4)7-17-9-14(20-12)10-19-16/h5-7,9,18-20H,8,10-11,16H2,1-4H3. The maximum atomic E-state index is 5.34. The van der Waals surface area contributed by atoms with Crippen LogP contribution in [0.1, 0.15) is 37.7 Å². The molecule has 0 saturated carbocycles. The van der Waals surface area contributed by atoms with Crippen molar-refractivity contribution < 1.29 is 0 Å². The Morgan fingerprint density at radius 3 is 2.60 bits per heavy atom. The zero-order valence-corrected chi connectivity index (χ0v) is 13.0. The van der Waals surface area contributed by atoms with E-state index in [0.717, 1.165) is 30.0 Å². The van der Waals surface area contributed by atoms with Crippen LogP contribution in [0.3, 0.4) is 0 Å². The molecular formula is C15H27N5. The van der Waals surface area contributed by atoms with Gasteiger partial charge in [-0.05, 0) is 24.0 Å². The van der Waals surface area contributed by atoms with Crippen LogP contribution >= 0.6 is 0 Å². The van der Waals surface area contributed by atoms with Crippen LogP contribution in [-0.2, 0) is 13.1 Å². The molecule has 0 unspecified atom stereocenters. The predicted octanol–water partition coefficient (Wildman–Crippen LogP) is 1.94. The van der Waals surface area contributed by atoms with Crippen molar-refractivity contribution in [1.29, 1.82) is 0 Å². The zero-order valence-electron chi connectivity index (χ0n) is 13.0. The molecular weight excluding hydrogens is 250 g/mol. The molecule has 0 aromatic carbocycles. The second-order valence-electron chi connectivity index (χ2n) is 6.19. The molecule has 5 heteroatoms. The van der Waals surface area contributed by atoms with E-state index in [0.29, 0.717) is 6.54 Å². The highest BCUT2D eigenvalue weighted by Crippen LogP contribution is 2.10. The second kappa shape index (κ2) is 7.99. The Morgan fingerprint density at radius 1 is 1.20 bits per heavy atom. The van der Waals surface area contributed by atoms with Crippen molar-refractivity contribution in [3.8, 4) is 0 Å². The number of aryl methyl sites for hydroxylation is 1. The van der Waals surface area contributed by atoms with Crippen LogP contribution in [0.5, 0.6) is 0 Å². The number of nitrogens with two attached hydrogens (primary N) is 1. The molecule has 1 aromatic heterocycles. The molecule has 0 bridgehead atoms. The van der Waals surface area contributed by atoms with E-state index >= 15 is 0 Å². The first kappa shape index (κ1) is 16.6. The van der Waals surface area contributed by atoms with Crippen LogP contribution in [0, 0.1) is 12.3 Å². The number of hydrogen-bond donors (Lipinski definition) is 4. The molecule has 1 aromatic rings. The van der Waals surface area contributed by atoms with Crippen molar-refractivity contribution in [3.63, 3.8) is 0 Å². The Hall–Kier alpha value is -1.43. The van der Waals surface area contributed by atoms with Crippen molar-refractivity contribution in [2.45, 2.75) is 40.8 Å². The average Bonchev–Trinajstić information content (AvgIpc) is 2.40. The number of nitrogens with zero attached hydrogens (tertiary/aromatic N) is 1. The van der Waals surface area contributed by atoms with E-state index in [-0.39, 0.29) is 5.41 Å². The number of aromatic amines is 1. The van der Waals surface area contributed by atoms with Gasteiger partial charge in [0.2, 0.25) is 0 Å². The summed E-state index contributed by atoms with van der Waals surface area (Å²) >= 11 is 0. The van der Waals surface area contributed by atoms with Gasteiger partial charge in [-0.1, -0.05) is 26.8 Å². The highest BCUT2D eigenvalue weighted by Gasteiger charge is 2.08. The molecule has 0 fully saturated rings. The van der Waals surface area contributed by atoms with Crippen LogP contribution < -0.4 is 16.6 Å². The van der Waals surface area contributed by atoms with Crippen molar-refractivity contribution in [2.24, 2.45) is 11.3 Å². The molecule has 20 heavy (non-hydrogen) atoms. The van der Waals surface area contributed by atoms with Gasteiger partial charge >= 0.3 is 0 Å². The number of aromatic nitrogens is 2. The number of hydrogen-bond acceptors (Lipinski definition) is 4. The third kappa shape index (κ3) is 7.23. The highest BCUT2D eigenvalue weighted by molar-refractivity contribution is 5.11. The van der Waals surface area contributed by atoms with Crippen LogP contribution in [0.15, 0.2) is 24.5 Å². The lowest BCUT2D eigenvalue weighted by Crippen LogP contribution is -2.26. The fraction of sp³-hybridized carbons (Fsp3) is 0.533. The van der Waals surface area contributed by atoms with E-state index in [2.05, 4.69) is 53.6 Å². The molecule has 0 aliphatic rings. The summed E-state index contributed by atoms with van der Waals surface area (Å²) in [5.41, 5.74) is 6.06. The normalized spacial score (nSPS) is 11.2. The predicted molar refractivity (Wildman–Crippen MR) is 83.1 cm³/mol. The molecule has 0 saturated heterocycles. The Bertz CT molecular complexity index is 458. The number of H-pyrrole nitrogens is 1. The van der Waals surface area contributed by atoms with E-state index in [4.69, 9.17) is 5.84 Å². The lowest BCUT2D eigenvalue weighted by Gasteiger charge is -2.18. The molecule has 0 aliphatic carbocycles. The highest BCUT2D eigenvalue weighted by atomic mass is 15.2. The molecule has 112 valence electrons. The van der Waals surface area contributed by atoms with Gasteiger partial charge in [0.25, 0.3) is 0 Å². The van der Waals surface area contributed by atoms with Crippen molar-refractivity contribution in [3.05, 3.63) is 41.5 Å². The minimum atomic E-state index is 0.281. The minimum Gasteiger partial charge on any atom is -0.360 e. The Balaban J connectivity index is 2.83. The maximum Gasteiger partial charge on any atom is 0.0515 e. The fourth-order valence-electron chi connectivity index (χ4n) is 1.71. The zero-order chi connectivity index (χ0) is 15.0. The van der Waals surface area contributed by atoms with E-state index in [1.165, 1.54) is 0 Å². The van der Waals surface area contributed by atoms with Crippen LogP contribution in [0.2, 0.25) is 0 Å². The van der Waals surface area contributed by atoms with Crippen molar-refractivity contribution in [1.82, 2.24) is 20.7 Å². The first-order valence-electron chi connectivity index (χ1n) is 6.91. The van der Waals surface area contributed by atoms with E-state index in [1.807, 2.05) is 13.1 Å². The van der Waals surface area contributed by atoms with Gasteiger partial charge in [-0.15, -0.1) is 0 Å². The van der Waals surface area contributed by atoms with Gasteiger partial charge in [-0.2, -0.15) is 0 Å². The number of rotatable bonds is 5. The van der Waals surface area contributed by atoms with Gasteiger partial charge < -0.3 is 10.3 Å². The van der Waals surface area contributed by atoms with E-state index in [9.17, 15) is 0 Å². The molecule has 0 amide bonds. The number of nitrogens with one attached hydrogen (secondary N) is 3. The topological polar surface area (TPSA) is 78.8 Å². The first-order chi connectivity index (χ1) is 9.40. The summed E-state index contributed by atoms with van der Waals surface area (Å²) in [6, 6.07) is 4.13. The van der Waals surface area contributed by atoms with E-state index < -0.39 is 0 Å². The van der Waals surface area contributed by atoms with Crippen LogP contribution in [-0.4, -0.2) is 16.5 Å². The summed E-state index contributed by atoms with van der Waals surface area (Å²) < 4.78 is 0. The Morgan fingerprint density at radius 2 is 1.95 bits per heavy atom. The van der Waals surface area contributed by atoms with Crippen molar-refractivity contribution >= 4 is 0 Å². The van der Waals surface area contributed by atoms with E-state index in [1.54, 1.807) is 6.20 Å². The summed E-state index contributed by atoms with van der Waals surface area (Å²) in [6.07, 6.45) is 3.67. The third-order valence-corrected chi connectivity index (χ3v) is 2.65. The van der Waals surface area contributed by atoms with Gasteiger partial charge in [-0.25, -0.2) is 0 Å². The lowest BCUT2D eigenvalue weighted by atomic mass is 9.97. The summed E-state index contributed by atoms with van der Waals surface area (Å²) in [7, 11) is 0. The summed E-state index contributed by atoms with van der Waals surface area (Å²) in [6.45, 7) is 11.0. The molecule has 1 rings (SSSR count). The van der Waals surface area contributed by atoms with Crippen LogP contribution in [0.4, 0.5) is 0 Å². The molecule has 5 N–H and O–H groups in total. The summed E-state index contributed by atoms with van der Waals surface area (Å²) in [5, 5.41) is 3.45. The third-order valence-electron chi connectivity index (χ3n) is 2.65. The SMILES string of the molecule is Cc1ccc(CNCC(C)(C)C)cncc(CNN)[nH]1. The van der Waals surface area contributed by atoms with Gasteiger partial charge in [0, 0.05) is 36.9 Å². The van der Waals surface area contributed by atoms with Gasteiger partial charge in [0.1, 0.15) is 0 Å². The lowest BCUT2D eigenvalue weighted by molar-refractivity contribution is 0.379. The summed E-state index contributed by atoms with van der Waals surface area (Å²) in [4.78, 5) is 7.60. The summed E-state index contributed by atoms with van der Waals surface area (Å²) in [5.74, 6) is 5.34. The molecule has 5 nitrogen and oxygen atoms in total. The van der Waals surface area contributed by atoms with Crippen molar-refractivity contribution in [2.75, 3.05) is 6.54 Å². The van der Waals surface area contributed by atoms with Gasteiger partial charge in [0.15, 0.2) is 0 Å². The Labute approximate surface area is 121 Å².